The molecule has 0 unspecified atom stereocenters. The van der Waals surface area contributed by atoms with E-state index in [9.17, 15) is 54.9 Å². The summed E-state index contributed by atoms with van der Waals surface area (Å²) >= 11 is 0. The molecule has 4 amide bonds. The van der Waals surface area contributed by atoms with E-state index in [0.29, 0.717) is 5.06 Å². The Balaban J connectivity index is 2.01. The number of hydrogen-bond donors (Lipinski definition) is 8. The minimum Gasteiger partial charge on any atom is -0.504 e. The van der Waals surface area contributed by atoms with E-state index in [1.807, 2.05) is 0 Å². The summed E-state index contributed by atoms with van der Waals surface area (Å²) < 4.78 is 0. The van der Waals surface area contributed by atoms with E-state index in [1.165, 1.54) is 36.4 Å². The van der Waals surface area contributed by atoms with Gasteiger partial charge in [0.25, 0.3) is 11.8 Å². The van der Waals surface area contributed by atoms with Crippen LogP contribution in [0.4, 0.5) is 0 Å². The third kappa shape index (κ3) is 10.8. The molecule has 8 N–H and O–H groups in total. The Morgan fingerprint density at radius 1 is 0.778 bits per heavy atom. The second kappa shape index (κ2) is 17.2. The minimum atomic E-state index is -1.50. The predicted octanol–water partition coefficient (Wildman–Crippen LogP) is 1.77. The molecule has 0 aromatic heterocycles. The first-order chi connectivity index (χ1) is 21.3. The van der Waals surface area contributed by atoms with Gasteiger partial charge in [-0.25, -0.2) is 5.06 Å². The van der Waals surface area contributed by atoms with Crippen LogP contribution in [0.2, 0.25) is 0 Å². The number of phenols is 4. The quantitative estimate of drug-likeness (QED) is 0.0386. The van der Waals surface area contributed by atoms with Crippen molar-refractivity contribution in [2.24, 2.45) is 0 Å². The van der Waals surface area contributed by atoms with E-state index in [2.05, 4.69) is 16.0 Å². The number of carbonyl (C=O) groups excluding carboxylic acids is 4. The predicted molar refractivity (Wildman–Crippen MR) is 158 cm³/mol. The highest BCUT2D eigenvalue weighted by atomic mass is 16.6. The van der Waals surface area contributed by atoms with E-state index in [-0.39, 0.29) is 82.3 Å². The second-order valence-corrected chi connectivity index (χ2v) is 10.4. The van der Waals surface area contributed by atoms with E-state index in [1.54, 1.807) is 0 Å². The van der Waals surface area contributed by atoms with Crippen LogP contribution < -0.4 is 16.0 Å². The van der Waals surface area contributed by atoms with Crippen molar-refractivity contribution >= 4 is 23.6 Å². The molecule has 0 saturated heterocycles. The number of amides is 4. The molecule has 0 bridgehead atoms. The first kappa shape index (κ1) is 36.1. The lowest BCUT2D eigenvalue weighted by molar-refractivity contribution is -0.574. The lowest BCUT2D eigenvalue weighted by Crippen LogP contribution is -2.41. The number of benzene rings is 2. The van der Waals surface area contributed by atoms with Crippen molar-refractivity contribution in [2.45, 2.75) is 57.4 Å². The number of rotatable bonds is 18. The molecule has 0 radical (unpaired) electrons. The Morgan fingerprint density at radius 3 is 1.60 bits per heavy atom. The van der Waals surface area contributed by atoms with Crippen LogP contribution in [-0.4, -0.2) is 91.0 Å². The second-order valence-electron chi connectivity index (χ2n) is 10.4. The van der Waals surface area contributed by atoms with Crippen LogP contribution in [-0.2, 0) is 9.59 Å². The molecule has 0 aliphatic heterocycles. The summed E-state index contributed by atoms with van der Waals surface area (Å²) in [6, 6.07) is 7.80. The fourth-order valence-corrected chi connectivity index (χ4v) is 4.61. The average molecular weight is 634 g/mol. The summed E-state index contributed by atoms with van der Waals surface area (Å²) in [5.74, 6) is -4.57. The van der Waals surface area contributed by atoms with Crippen LogP contribution in [0.1, 0.15) is 72.6 Å². The van der Waals surface area contributed by atoms with Gasteiger partial charge in [0.1, 0.15) is 0 Å². The van der Waals surface area contributed by atoms with Crippen LogP contribution >= 0.6 is 0 Å². The molecule has 45 heavy (non-hydrogen) atoms. The monoisotopic (exact) mass is 633 g/mol. The Bertz CT molecular complexity index is 1300. The zero-order chi connectivity index (χ0) is 33.6. The van der Waals surface area contributed by atoms with Crippen molar-refractivity contribution in [2.75, 3.05) is 26.2 Å². The number of aromatic hydroxyl groups is 4. The molecule has 16 heteroatoms. The number of nitro groups is 1. The Labute approximate surface area is 258 Å². The lowest BCUT2D eigenvalue weighted by atomic mass is 9.84. The zero-order valence-electron chi connectivity index (χ0n) is 24.8. The molecule has 16 nitrogen and oxygen atoms in total. The van der Waals surface area contributed by atoms with Gasteiger partial charge in [-0.2, -0.15) is 0 Å². The maximum absolute atomic E-state index is 12.5. The molecule has 0 aliphatic carbocycles. The van der Waals surface area contributed by atoms with E-state index < -0.39 is 57.1 Å². The molecular formula is C29H39N5O11. The molecule has 2 rings (SSSR count). The van der Waals surface area contributed by atoms with Gasteiger partial charge >= 0.3 is 0 Å². The zero-order valence-corrected chi connectivity index (χ0v) is 24.8. The van der Waals surface area contributed by atoms with Crippen LogP contribution in [0, 0.1) is 10.1 Å². The lowest BCUT2D eigenvalue weighted by Gasteiger charge is -2.26. The van der Waals surface area contributed by atoms with Gasteiger partial charge in [0.2, 0.25) is 17.4 Å². The van der Waals surface area contributed by atoms with E-state index >= 15 is 0 Å². The largest absolute Gasteiger partial charge is 0.504 e. The van der Waals surface area contributed by atoms with E-state index in [4.69, 9.17) is 0 Å². The highest BCUT2D eigenvalue weighted by molar-refractivity contribution is 5.98. The first-order valence-electron chi connectivity index (χ1n) is 14.3. The number of carbonyl (C=O) groups is 4. The van der Waals surface area contributed by atoms with Gasteiger partial charge in [-0.05, 0) is 43.5 Å². The van der Waals surface area contributed by atoms with Gasteiger partial charge in [-0.3, -0.25) is 34.5 Å². The summed E-state index contributed by atoms with van der Waals surface area (Å²) in [6.07, 6.45) is 0.426. The smallest absolute Gasteiger partial charge is 0.255 e. The van der Waals surface area contributed by atoms with Crippen LogP contribution in [0.3, 0.4) is 0 Å². The van der Waals surface area contributed by atoms with Gasteiger partial charge in [0.15, 0.2) is 23.0 Å². The first-order valence-corrected chi connectivity index (χ1v) is 14.3. The van der Waals surface area contributed by atoms with E-state index in [0.717, 1.165) is 6.92 Å². The van der Waals surface area contributed by atoms with Crippen molar-refractivity contribution < 1.29 is 49.7 Å². The van der Waals surface area contributed by atoms with Gasteiger partial charge in [-0.1, -0.05) is 12.1 Å². The number of nitrogens with one attached hydrogen (secondary N) is 3. The SMILES string of the molecule is CC(=O)N(O)CCC(=O)NCCCC(CCCNC(=O)c1cccc(O)c1O)(CCCNC(=O)c1cccc(O)c1O)[N+](=O)[O-]. The maximum Gasteiger partial charge on any atom is 0.255 e. The molecule has 0 atom stereocenters. The third-order valence-corrected chi connectivity index (χ3v) is 7.17. The molecule has 2 aromatic rings. The van der Waals surface area contributed by atoms with Crippen molar-refractivity contribution in [3.05, 3.63) is 57.6 Å². The summed E-state index contributed by atoms with van der Waals surface area (Å²) in [5, 5.41) is 69.0. The van der Waals surface area contributed by atoms with Crippen LogP contribution in [0.5, 0.6) is 23.0 Å². The van der Waals surface area contributed by atoms with Crippen molar-refractivity contribution in [1.29, 1.82) is 0 Å². The molecular weight excluding hydrogens is 594 g/mol. The summed E-state index contributed by atoms with van der Waals surface area (Å²) in [6.45, 7) is 1.04. The average Bonchev–Trinajstić information content (AvgIpc) is 3.00. The molecule has 0 aliphatic rings. The molecule has 246 valence electrons. The number of para-hydroxylation sites is 2. The standard InChI is InChI=1S/C29H39N5O11/c1-19(35)33(43)18-11-24(38)30-15-4-12-29(34(44)45,13-5-16-31-27(41)20-7-2-9-22(36)25(20)39)14-6-17-32-28(42)21-8-3-10-23(37)26(21)40/h2-3,7-10,36-37,39-40,43H,4-6,11-18H2,1H3,(H,30,38)(H,31,41)(H,32,42). The molecule has 0 spiro atoms. The van der Waals surface area contributed by atoms with Crippen LogP contribution in [0.15, 0.2) is 36.4 Å². The van der Waals surface area contributed by atoms with Crippen molar-refractivity contribution in [3.8, 4) is 23.0 Å². The van der Waals surface area contributed by atoms with Crippen molar-refractivity contribution in [1.82, 2.24) is 21.0 Å². The molecule has 0 saturated carbocycles. The Hall–Kier alpha value is -5.12. The highest BCUT2D eigenvalue weighted by Gasteiger charge is 2.41. The Kier molecular flexibility index (Phi) is 13.8. The van der Waals surface area contributed by atoms with Gasteiger partial charge in [-0.15, -0.1) is 0 Å². The summed E-state index contributed by atoms with van der Waals surface area (Å²) in [4.78, 5) is 60.0. The number of nitrogens with zero attached hydrogens (tertiary/aromatic N) is 2. The number of phenolic OH excluding ortho intramolecular Hbond substituents is 4. The number of hydrogen-bond acceptors (Lipinski definition) is 11. The fraction of sp³-hybridized carbons (Fsp3) is 0.448. The molecule has 0 fully saturated rings. The topological polar surface area (TPSA) is 252 Å². The van der Waals surface area contributed by atoms with Gasteiger partial charge in [0.05, 0.1) is 17.7 Å². The fourth-order valence-electron chi connectivity index (χ4n) is 4.61. The molecule has 0 heterocycles. The number of hydroxylamine groups is 2. The maximum atomic E-state index is 12.5. The summed E-state index contributed by atoms with van der Waals surface area (Å²) in [7, 11) is 0. The normalized spacial score (nSPS) is 11.0. The van der Waals surface area contributed by atoms with Crippen molar-refractivity contribution in [3.63, 3.8) is 0 Å². The van der Waals surface area contributed by atoms with Gasteiger partial charge < -0.3 is 36.4 Å². The minimum absolute atomic E-state index is 0.0135. The third-order valence-electron chi connectivity index (χ3n) is 7.17. The highest BCUT2D eigenvalue weighted by Crippen LogP contribution is 2.31. The molecule has 2 aromatic carbocycles. The van der Waals surface area contributed by atoms with Crippen LogP contribution in [0.25, 0.3) is 0 Å². The Morgan fingerprint density at radius 2 is 1.20 bits per heavy atom. The summed E-state index contributed by atoms with van der Waals surface area (Å²) in [5.41, 5.74) is -1.82. The van der Waals surface area contributed by atoms with Gasteiger partial charge in [0, 0.05) is 57.2 Å².